The number of ether oxygens (including phenoxy) is 3. The standard InChI is InChI=1S/C11H13ClO4/c1-14-10-7(3-2-4-13)11-9(5-8(10)12)15-6-16-11/h5,13H,2-4,6H2,1H3. The van der Waals surface area contributed by atoms with Crippen molar-refractivity contribution >= 4 is 11.6 Å². The molecule has 0 bridgehead atoms. The van der Waals surface area contributed by atoms with E-state index in [4.69, 9.17) is 30.9 Å². The minimum absolute atomic E-state index is 0.116. The smallest absolute Gasteiger partial charge is 0.231 e. The highest BCUT2D eigenvalue weighted by atomic mass is 35.5. The molecule has 1 aromatic carbocycles. The second-order valence-electron chi connectivity index (χ2n) is 3.43. The van der Waals surface area contributed by atoms with Gasteiger partial charge in [-0.25, -0.2) is 0 Å². The maximum Gasteiger partial charge on any atom is 0.231 e. The van der Waals surface area contributed by atoms with E-state index in [9.17, 15) is 0 Å². The molecule has 0 spiro atoms. The van der Waals surface area contributed by atoms with Gasteiger partial charge in [-0.1, -0.05) is 11.6 Å². The van der Waals surface area contributed by atoms with Crippen molar-refractivity contribution in [3.63, 3.8) is 0 Å². The molecule has 0 aromatic heterocycles. The van der Waals surface area contributed by atoms with E-state index in [2.05, 4.69) is 0 Å². The van der Waals surface area contributed by atoms with Crippen LogP contribution in [0.25, 0.3) is 0 Å². The summed E-state index contributed by atoms with van der Waals surface area (Å²) >= 11 is 6.07. The van der Waals surface area contributed by atoms with Crippen LogP contribution >= 0.6 is 11.6 Å². The lowest BCUT2D eigenvalue weighted by molar-refractivity contribution is 0.173. The molecule has 4 nitrogen and oxygen atoms in total. The topological polar surface area (TPSA) is 47.9 Å². The molecule has 0 radical (unpaired) electrons. The molecule has 0 saturated carbocycles. The number of hydrogen-bond acceptors (Lipinski definition) is 4. The number of aliphatic hydroxyl groups is 1. The van der Waals surface area contributed by atoms with Crippen LogP contribution in [-0.4, -0.2) is 25.6 Å². The van der Waals surface area contributed by atoms with E-state index in [1.165, 1.54) is 0 Å². The lowest BCUT2D eigenvalue weighted by atomic mass is 10.1. The van der Waals surface area contributed by atoms with Crippen molar-refractivity contribution in [2.24, 2.45) is 0 Å². The fraction of sp³-hybridized carbons (Fsp3) is 0.455. The van der Waals surface area contributed by atoms with Crippen molar-refractivity contribution in [2.45, 2.75) is 12.8 Å². The zero-order chi connectivity index (χ0) is 11.5. The Hall–Kier alpha value is -1.13. The number of hydrogen-bond donors (Lipinski definition) is 1. The molecule has 0 atom stereocenters. The normalized spacial score (nSPS) is 12.9. The van der Waals surface area contributed by atoms with E-state index < -0.39 is 0 Å². The Bertz CT molecular complexity index is 388. The van der Waals surface area contributed by atoms with Crippen molar-refractivity contribution in [3.8, 4) is 17.2 Å². The number of aliphatic hydroxyl groups excluding tert-OH is 1. The average Bonchev–Trinajstić information content (AvgIpc) is 2.72. The highest BCUT2D eigenvalue weighted by molar-refractivity contribution is 6.32. The number of fused-ring (bicyclic) bond motifs is 1. The van der Waals surface area contributed by atoms with Crippen LogP contribution in [-0.2, 0) is 6.42 Å². The minimum Gasteiger partial charge on any atom is -0.495 e. The Morgan fingerprint density at radius 2 is 2.31 bits per heavy atom. The molecule has 0 unspecified atom stereocenters. The molecule has 0 saturated heterocycles. The van der Waals surface area contributed by atoms with Crippen LogP contribution < -0.4 is 14.2 Å². The first-order valence-corrected chi connectivity index (χ1v) is 5.41. The number of methoxy groups -OCH3 is 1. The summed E-state index contributed by atoms with van der Waals surface area (Å²) < 4.78 is 15.9. The third-order valence-electron chi connectivity index (χ3n) is 2.45. The van der Waals surface area contributed by atoms with E-state index in [1.54, 1.807) is 13.2 Å². The zero-order valence-electron chi connectivity index (χ0n) is 8.96. The molecular weight excluding hydrogens is 232 g/mol. The van der Waals surface area contributed by atoms with E-state index in [-0.39, 0.29) is 13.4 Å². The summed E-state index contributed by atoms with van der Waals surface area (Å²) in [6.07, 6.45) is 1.28. The highest BCUT2D eigenvalue weighted by Gasteiger charge is 2.23. The third-order valence-corrected chi connectivity index (χ3v) is 2.73. The SMILES string of the molecule is COc1c(Cl)cc2c(c1CCCO)OCO2. The first-order valence-electron chi connectivity index (χ1n) is 5.03. The maximum atomic E-state index is 8.86. The van der Waals surface area contributed by atoms with Gasteiger partial charge in [0, 0.05) is 18.2 Å². The number of benzene rings is 1. The van der Waals surface area contributed by atoms with Crippen molar-refractivity contribution in [1.82, 2.24) is 0 Å². The fourth-order valence-corrected chi connectivity index (χ4v) is 2.05. The summed E-state index contributed by atoms with van der Waals surface area (Å²) in [7, 11) is 1.56. The Kier molecular flexibility index (Phi) is 3.41. The molecule has 88 valence electrons. The summed E-state index contributed by atoms with van der Waals surface area (Å²) in [6, 6.07) is 1.69. The summed E-state index contributed by atoms with van der Waals surface area (Å²) in [5.74, 6) is 1.91. The van der Waals surface area contributed by atoms with Crippen LogP contribution in [0.1, 0.15) is 12.0 Å². The Morgan fingerprint density at radius 1 is 1.50 bits per heavy atom. The number of halogens is 1. The lowest BCUT2D eigenvalue weighted by Gasteiger charge is -2.12. The van der Waals surface area contributed by atoms with Gasteiger partial charge >= 0.3 is 0 Å². The van der Waals surface area contributed by atoms with E-state index in [0.717, 1.165) is 5.56 Å². The molecule has 16 heavy (non-hydrogen) atoms. The zero-order valence-corrected chi connectivity index (χ0v) is 9.71. The molecular formula is C11H13ClO4. The van der Waals surface area contributed by atoms with Crippen LogP contribution in [0.5, 0.6) is 17.2 Å². The molecule has 2 rings (SSSR count). The molecule has 1 aliphatic heterocycles. The van der Waals surface area contributed by atoms with Crippen LogP contribution in [0.2, 0.25) is 5.02 Å². The van der Waals surface area contributed by atoms with E-state index in [0.29, 0.717) is 35.1 Å². The fourth-order valence-electron chi connectivity index (χ4n) is 1.76. The predicted octanol–water partition coefficient (Wildman–Crippen LogP) is 2.00. The highest BCUT2D eigenvalue weighted by Crippen LogP contribution is 2.45. The van der Waals surface area contributed by atoms with Crippen LogP contribution in [0.4, 0.5) is 0 Å². The van der Waals surface area contributed by atoms with Crippen LogP contribution in [0, 0.1) is 0 Å². The predicted molar refractivity (Wildman–Crippen MR) is 59.5 cm³/mol. The molecule has 0 aliphatic carbocycles. The van der Waals surface area contributed by atoms with Crippen LogP contribution in [0.15, 0.2) is 6.07 Å². The second-order valence-corrected chi connectivity index (χ2v) is 3.84. The average molecular weight is 245 g/mol. The molecule has 0 amide bonds. The van der Waals surface area contributed by atoms with Gasteiger partial charge in [0.05, 0.1) is 12.1 Å². The molecule has 1 aliphatic rings. The second kappa shape index (κ2) is 4.80. The van der Waals surface area contributed by atoms with Crippen molar-refractivity contribution < 1.29 is 19.3 Å². The number of rotatable bonds is 4. The maximum absolute atomic E-state index is 8.86. The van der Waals surface area contributed by atoms with Gasteiger partial charge in [-0.3, -0.25) is 0 Å². The van der Waals surface area contributed by atoms with Gasteiger partial charge < -0.3 is 19.3 Å². The monoisotopic (exact) mass is 244 g/mol. The van der Waals surface area contributed by atoms with Gasteiger partial charge in [-0.15, -0.1) is 0 Å². The Labute approximate surface area is 98.7 Å². The van der Waals surface area contributed by atoms with Crippen molar-refractivity contribution in [3.05, 3.63) is 16.7 Å². The quantitative estimate of drug-likeness (QED) is 0.880. The van der Waals surface area contributed by atoms with E-state index in [1.807, 2.05) is 0 Å². The van der Waals surface area contributed by atoms with Gasteiger partial charge in [-0.05, 0) is 12.8 Å². The summed E-state index contributed by atoms with van der Waals surface area (Å²) in [4.78, 5) is 0. The molecule has 5 heteroatoms. The largest absolute Gasteiger partial charge is 0.495 e. The lowest BCUT2D eigenvalue weighted by Crippen LogP contribution is -1.98. The molecule has 1 heterocycles. The third kappa shape index (κ3) is 1.90. The minimum atomic E-state index is 0.116. The van der Waals surface area contributed by atoms with Gasteiger partial charge in [0.2, 0.25) is 6.79 Å². The Balaban J connectivity index is 2.44. The first kappa shape index (κ1) is 11.4. The molecule has 1 aromatic rings. The molecule has 0 fully saturated rings. The van der Waals surface area contributed by atoms with Gasteiger partial charge in [0.25, 0.3) is 0 Å². The van der Waals surface area contributed by atoms with Crippen LogP contribution in [0.3, 0.4) is 0 Å². The van der Waals surface area contributed by atoms with Gasteiger partial charge in [-0.2, -0.15) is 0 Å². The summed E-state index contributed by atoms with van der Waals surface area (Å²) in [5.41, 5.74) is 0.858. The molecule has 1 N–H and O–H groups in total. The first-order chi connectivity index (χ1) is 7.77. The summed E-state index contributed by atoms with van der Waals surface area (Å²) in [6.45, 7) is 0.316. The van der Waals surface area contributed by atoms with Crippen molar-refractivity contribution in [2.75, 3.05) is 20.5 Å². The Morgan fingerprint density at radius 3 is 3.00 bits per heavy atom. The van der Waals surface area contributed by atoms with Gasteiger partial charge in [0.15, 0.2) is 11.5 Å². The van der Waals surface area contributed by atoms with E-state index >= 15 is 0 Å². The van der Waals surface area contributed by atoms with Gasteiger partial charge in [0.1, 0.15) is 5.75 Å². The van der Waals surface area contributed by atoms with Crippen molar-refractivity contribution in [1.29, 1.82) is 0 Å². The summed E-state index contributed by atoms with van der Waals surface area (Å²) in [5, 5.41) is 9.36.